The van der Waals surface area contributed by atoms with Crippen molar-refractivity contribution in [3.8, 4) is 0 Å². The summed E-state index contributed by atoms with van der Waals surface area (Å²) < 4.78 is 2.61. The molecule has 2 aromatic heterocycles. The highest BCUT2D eigenvalue weighted by Crippen LogP contribution is 2.32. The number of carbonyl (C=O) groups excluding carboxylic acids is 1. The first-order valence-electron chi connectivity index (χ1n) is 8.60. The number of aromatic nitrogens is 1. The molecule has 0 unspecified atom stereocenters. The summed E-state index contributed by atoms with van der Waals surface area (Å²) in [5.74, 6) is -0.148. The number of rotatable bonds is 3. The fraction of sp³-hybridized carbons (Fsp3) is 0.143. The third-order valence-electron chi connectivity index (χ3n) is 4.69. The fourth-order valence-electron chi connectivity index (χ4n) is 3.27. The van der Waals surface area contributed by atoms with E-state index in [0.29, 0.717) is 21.8 Å². The number of para-hydroxylation sites is 1. The van der Waals surface area contributed by atoms with Gasteiger partial charge >= 0.3 is 0 Å². The van der Waals surface area contributed by atoms with Gasteiger partial charge in [0.25, 0.3) is 11.5 Å². The average Bonchev–Trinajstić information content (AvgIpc) is 3.14. The number of nitrogens with zero attached hydrogens (tertiary/aromatic N) is 2. The molecule has 0 aliphatic heterocycles. The van der Waals surface area contributed by atoms with Crippen LogP contribution in [-0.2, 0) is 6.54 Å². The summed E-state index contributed by atoms with van der Waals surface area (Å²) in [6.45, 7) is 2.53. The minimum atomic E-state index is -0.148. The Balaban J connectivity index is 1.87. The molecule has 0 saturated heterocycles. The maximum Gasteiger partial charge on any atom is 0.268 e. The van der Waals surface area contributed by atoms with E-state index in [-0.39, 0.29) is 11.5 Å². The highest BCUT2D eigenvalue weighted by molar-refractivity contribution is 7.21. The number of benzene rings is 2. The number of anilines is 1. The van der Waals surface area contributed by atoms with Gasteiger partial charge in [-0.05, 0) is 43.3 Å². The number of pyridine rings is 1. The number of aryl methyl sites for hydroxylation is 1. The van der Waals surface area contributed by atoms with Gasteiger partial charge in [0.1, 0.15) is 0 Å². The number of thiophene rings is 1. The Morgan fingerprint density at radius 2 is 1.81 bits per heavy atom. The Morgan fingerprint density at radius 3 is 2.52 bits per heavy atom. The molecule has 6 heteroatoms. The molecule has 0 aliphatic carbocycles. The topological polar surface area (TPSA) is 42.3 Å². The number of hydrogen-bond donors (Lipinski definition) is 0. The minimum absolute atomic E-state index is 0.0596. The van der Waals surface area contributed by atoms with Crippen molar-refractivity contribution in [1.82, 2.24) is 4.57 Å². The normalized spacial score (nSPS) is 11.2. The molecule has 4 nitrogen and oxygen atoms in total. The first-order valence-corrected chi connectivity index (χ1v) is 9.79. The van der Waals surface area contributed by atoms with Gasteiger partial charge in [-0.15, -0.1) is 11.3 Å². The summed E-state index contributed by atoms with van der Waals surface area (Å²) in [5.41, 5.74) is 1.58. The molecule has 1 amide bonds. The van der Waals surface area contributed by atoms with Crippen LogP contribution in [0.3, 0.4) is 0 Å². The summed E-state index contributed by atoms with van der Waals surface area (Å²) in [6, 6.07) is 16.6. The van der Waals surface area contributed by atoms with Gasteiger partial charge in [0, 0.05) is 34.4 Å². The fourth-order valence-corrected chi connectivity index (χ4v) is 4.56. The second kappa shape index (κ2) is 6.83. The highest BCUT2D eigenvalue weighted by Gasteiger charge is 2.20. The van der Waals surface area contributed by atoms with E-state index in [1.54, 1.807) is 46.8 Å². The van der Waals surface area contributed by atoms with Gasteiger partial charge in [0.05, 0.1) is 15.8 Å². The van der Waals surface area contributed by atoms with Crippen molar-refractivity contribution < 1.29 is 4.79 Å². The number of fused-ring (bicyclic) bond motifs is 3. The van der Waals surface area contributed by atoms with Crippen LogP contribution in [0.25, 0.3) is 21.0 Å². The van der Waals surface area contributed by atoms with Crippen molar-refractivity contribution >= 4 is 55.5 Å². The number of carbonyl (C=O) groups is 1. The summed E-state index contributed by atoms with van der Waals surface area (Å²) in [7, 11) is 1.72. The van der Waals surface area contributed by atoms with E-state index in [1.807, 2.05) is 31.2 Å². The standard InChI is InChI=1S/C21H17ClN2O2S/c1-3-24-17-7-5-4-6-15(17)19-16(20(24)25)12-18(27-19)21(26)23(2)14-10-8-13(22)9-11-14/h4-12H,3H2,1-2H3. The molecule has 0 saturated carbocycles. The second-order valence-electron chi connectivity index (χ2n) is 6.26. The molecule has 2 aromatic carbocycles. The first kappa shape index (κ1) is 17.8. The average molecular weight is 397 g/mol. The SMILES string of the molecule is CCn1c(=O)c2cc(C(=O)N(C)c3ccc(Cl)cc3)sc2c2ccccc21. The zero-order chi connectivity index (χ0) is 19.1. The molecule has 0 aliphatic rings. The molecule has 2 heterocycles. The lowest BCUT2D eigenvalue weighted by Crippen LogP contribution is -2.25. The van der Waals surface area contributed by atoms with Crippen molar-refractivity contribution in [2.24, 2.45) is 0 Å². The van der Waals surface area contributed by atoms with E-state index in [1.165, 1.54) is 11.3 Å². The molecule has 0 fully saturated rings. The van der Waals surface area contributed by atoms with Crippen LogP contribution in [-0.4, -0.2) is 17.5 Å². The quantitative estimate of drug-likeness (QED) is 0.479. The van der Waals surface area contributed by atoms with Crippen LogP contribution in [0.4, 0.5) is 5.69 Å². The molecule has 0 radical (unpaired) electrons. The predicted octanol–water partition coefficient (Wildman–Crippen LogP) is 5.17. The molecular weight excluding hydrogens is 380 g/mol. The summed E-state index contributed by atoms with van der Waals surface area (Å²) in [6.07, 6.45) is 0. The Hall–Kier alpha value is -2.63. The largest absolute Gasteiger partial charge is 0.311 e. The molecule has 0 N–H and O–H groups in total. The lowest BCUT2D eigenvalue weighted by molar-refractivity contribution is 0.0997. The van der Waals surface area contributed by atoms with Crippen LogP contribution < -0.4 is 10.5 Å². The molecule has 136 valence electrons. The van der Waals surface area contributed by atoms with E-state index >= 15 is 0 Å². The maximum atomic E-state index is 13.0. The van der Waals surface area contributed by atoms with Gasteiger partial charge in [-0.25, -0.2) is 0 Å². The summed E-state index contributed by atoms with van der Waals surface area (Å²) in [4.78, 5) is 28.0. The van der Waals surface area contributed by atoms with Crippen LogP contribution in [0.15, 0.2) is 59.4 Å². The third kappa shape index (κ3) is 2.93. The second-order valence-corrected chi connectivity index (χ2v) is 7.75. The number of amides is 1. The van der Waals surface area contributed by atoms with Crippen LogP contribution in [0.1, 0.15) is 16.6 Å². The first-order chi connectivity index (χ1) is 13.0. The third-order valence-corrected chi connectivity index (χ3v) is 6.10. The molecular formula is C21H17ClN2O2S. The Kier molecular flexibility index (Phi) is 4.50. The molecule has 4 rings (SSSR count). The Labute approximate surface area is 165 Å². The summed E-state index contributed by atoms with van der Waals surface area (Å²) >= 11 is 7.29. The van der Waals surface area contributed by atoms with Crippen molar-refractivity contribution in [3.05, 3.63) is 74.9 Å². The van der Waals surface area contributed by atoms with Crippen molar-refractivity contribution in [1.29, 1.82) is 0 Å². The minimum Gasteiger partial charge on any atom is -0.311 e. The molecule has 0 atom stereocenters. The Morgan fingerprint density at radius 1 is 1.11 bits per heavy atom. The van der Waals surface area contributed by atoms with Crippen LogP contribution in [0.2, 0.25) is 5.02 Å². The highest BCUT2D eigenvalue weighted by atomic mass is 35.5. The molecule has 27 heavy (non-hydrogen) atoms. The van der Waals surface area contributed by atoms with E-state index in [2.05, 4.69) is 0 Å². The smallest absolute Gasteiger partial charge is 0.268 e. The number of halogens is 1. The maximum absolute atomic E-state index is 13.0. The molecule has 0 spiro atoms. The van der Waals surface area contributed by atoms with E-state index in [9.17, 15) is 9.59 Å². The van der Waals surface area contributed by atoms with Gasteiger partial charge < -0.3 is 9.47 Å². The lowest BCUT2D eigenvalue weighted by Gasteiger charge is -2.16. The van der Waals surface area contributed by atoms with Gasteiger partial charge in [0.15, 0.2) is 0 Å². The van der Waals surface area contributed by atoms with Crippen LogP contribution in [0.5, 0.6) is 0 Å². The van der Waals surface area contributed by atoms with E-state index in [4.69, 9.17) is 11.6 Å². The van der Waals surface area contributed by atoms with Gasteiger partial charge in [0.2, 0.25) is 0 Å². The lowest BCUT2D eigenvalue weighted by atomic mass is 10.1. The number of hydrogen-bond acceptors (Lipinski definition) is 3. The van der Waals surface area contributed by atoms with Gasteiger partial charge in [-0.1, -0.05) is 29.8 Å². The van der Waals surface area contributed by atoms with Gasteiger partial charge in [-0.2, -0.15) is 0 Å². The van der Waals surface area contributed by atoms with Crippen LogP contribution in [0, 0.1) is 0 Å². The zero-order valence-electron chi connectivity index (χ0n) is 14.9. The molecule has 0 bridgehead atoms. The monoisotopic (exact) mass is 396 g/mol. The van der Waals surface area contributed by atoms with Gasteiger partial charge in [-0.3, -0.25) is 9.59 Å². The van der Waals surface area contributed by atoms with Crippen molar-refractivity contribution in [3.63, 3.8) is 0 Å². The Bertz CT molecular complexity index is 1220. The van der Waals surface area contributed by atoms with Crippen LogP contribution >= 0.6 is 22.9 Å². The van der Waals surface area contributed by atoms with E-state index in [0.717, 1.165) is 21.3 Å². The summed E-state index contributed by atoms with van der Waals surface area (Å²) in [5, 5.41) is 2.20. The zero-order valence-corrected chi connectivity index (χ0v) is 16.5. The van der Waals surface area contributed by atoms with Crippen molar-refractivity contribution in [2.45, 2.75) is 13.5 Å². The van der Waals surface area contributed by atoms with Crippen molar-refractivity contribution in [2.75, 3.05) is 11.9 Å². The molecule has 4 aromatic rings. The predicted molar refractivity (Wildman–Crippen MR) is 113 cm³/mol. The van der Waals surface area contributed by atoms with E-state index < -0.39 is 0 Å².